The van der Waals surface area contributed by atoms with Crippen molar-refractivity contribution in [3.05, 3.63) is 71.8 Å². The first-order valence-corrected chi connectivity index (χ1v) is 8.38. The number of hydrogen-bond acceptors (Lipinski definition) is 4. The Morgan fingerprint density at radius 2 is 1.08 bits per heavy atom. The van der Waals surface area contributed by atoms with Crippen LogP contribution in [0.5, 0.6) is 0 Å². The van der Waals surface area contributed by atoms with Crippen molar-refractivity contribution in [1.82, 2.24) is 0 Å². The average molecular weight is 328 g/mol. The molecule has 0 radical (unpaired) electrons. The van der Waals surface area contributed by atoms with Crippen molar-refractivity contribution < 1.29 is 18.9 Å². The maximum absolute atomic E-state index is 5.80. The van der Waals surface area contributed by atoms with Gasteiger partial charge in [-0.3, -0.25) is 0 Å². The van der Waals surface area contributed by atoms with Gasteiger partial charge in [-0.2, -0.15) is 0 Å². The zero-order chi connectivity index (χ0) is 16.5. The van der Waals surface area contributed by atoms with Gasteiger partial charge in [-0.15, -0.1) is 0 Å². The smallest absolute Gasteiger partial charge is 0.109 e. The quantitative estimate of drug-likeness (QED) is 0.746. The van der Waals surface area contributed by atoms with Gasteiger partial charge in [0.1, 0.15) is 12.2 Å². The minimum absolute atomic E-state index is 0.0850. The first-order valence-electron chi connectivity index (χ1n) is 8.38. The van der Waals surface area contributed by atoms with Gasteiger partial charge in [-0.05, 0) is 11.1 Å². The average Bonchev–Trinajstić information content (AvgIpc) is 2.65. The molecule has 4 nitrogen and oxygen atoms in total. The predicted octanol–water partition coefficient (Wildman–Crippen LogP) is 3.20. The molecule has 1 aliphatic heterocycles. The minimum atomic E-state index is -0.0850. The highest BCUT2D eigenvalue weighted by molar-refractivity contribution is 5.14. The Hall–Kier alpha value is -1.72. The lowest BCUT2D eigenvalue weighted by Crippen LogP contribution is -2.44. The van der Waals surface area contributed by atoms with Crippen LogP contribution in [0.4, 0.5) is 0 Å². The van der Waals surface area contributed by atoms with E-state index in [1.54, 1.807) is 0 Å². The second-order valence-corrected chi connectivity index (χ2v) is 5.82. The summed E-state index contributed by atoms with van der Waals surface area (Å²) >= 11 is 0. The lowest BCUT2D eigenvalue weighted by atomic mass is 10.2. The number of hydrogen-bond donors (Lipinski definition) is 0. The fraction of sp³-hybridized carbons (Fsp3) is 0.400. The summed E-state index contributed by atoms with van der Waals surface area (Å²) in [6.45, 7) is 3.39. The summed E-state index contributed by atoms with van der Waals surface area (Å²) in [5.41, 5.74) is 2.32. The van der Waals surface area contributed by atoms with Gasteiger partial charge in [-0.25, -0.2) is 0 Å². The first-order chi connectivity index (χ1) is 11.9. The highest BCUT2D eigenvalue weighted by Gasteiger charge is 2.27. The van der Waals surface area contributed by atoms with Crippen molar-refractivity contribution >= 4 is 0 Å². The molecule has 128 valence electrons. The van der Waals surface area contributed by atoms with Gasteiger partial charge in [0.25, 0.3) is 0 Å². The monoisotopic (exact) mass is 328 g/mol. The molecule has 0 aliphatic carbocycles. The molecular formula is C20H24O4. The maximum Gasteiger partial charge on any atom is 0.109 e. The third-order valence-electron chi connectivity index (χ3n) is 3.95. The van der Waals surface area contributed by atoms with Crippen LogP contribution >= 0.6 is 0 Å². The summed E-state index contributed by atoms with van der Waals surface area (Å²) in [6.07, 6.45) is -0.170. The lowest BCUT2D eigenvalue weighted by Gasteiger charge is -2.31. The van der Waals surface area contributed by atoms with Gasteiger partial charge in [0.15, 0.2) is 0 Å². The van der Waals surface area contributed by atoms with Crippen molar-refractivity contribution in [2.24, 2.45) is 0 Å². The zero-order valence-electron chi connectivity index (χ0n) is 13.8. The summed E-state index contributed by atoms with van der Waals surface area (Å²) in [7, 11) is 0. The summed E-state index contributed by atoms with van der Waals surface area (Å²) in [5, 5.41) is 0. The van der Waals surface area contributed by atoms with E-state index in [4.69, 9.17) is 18.9 Å². The largest absolute Gasteiger partial charge is 0.374 e. The van der Waals surface area contributed by atoms with Crippen molar-refractivity contribution in [1.29, 1.82) is 0 Å². The van der Waals surface area contributed by atoms with Crippen molar-refractivity contribution in [2.45, 2.75) is 25.4 Å². The SMILES string of the molecule is c1ccc(COC[C@H]2OCCO[C@@H]2COCc2ccccc2)cc1. The van der Waals surface area contributed by atoms with Gasteiger partial charge in [0.05, 0.1) is 39.6 Å². The van der Waals surface area contributed by atoms with Crippen molar-refractivity contribution in [2.75, 3.05) is 26.4 Å². The Morgan fingerprint density at radius 3 is 1.50 bits per heavy atom. The summed E-state index contributed by atoms with van der Waals surface area (Å²) in [4.78, 5) is 0. The molecular weight excluding hydrogens is 304 g/mol. The molecule has 0 unspecified atom stereocenters. The van der Waals surface area contributed by atoms with E-state index in [0.29, 0.717) is 39.6 Å². The fourth-order valence-electron chi connectivity index (χ4n) is 2.66. The van der Waals surface area contributed by atoms with Crippen LogP contribution in [0.2, 0.25) is 0 Å². The summed E-state index contributed by atoms with van der Waals surface area (Å²) in [5.74, 6) is 0. The molecule has 2 aromatic rings. The molecule has 0 spiro atoms. The first kappa shape index (κ1) is 17.1. The highest BCUT2D eigenvalue weighted by Crippen LogP contribution is 2.13. The minimum Gasteiger partial charge on any atom is -0.374 e. The molecule has 1 aliphatic rings. The van der Waals surface area contributed by atoms with Gasteiger partial charge in [0, 0.05) is 0 Å². The molecule has 0 saturated carbocycles. The number of ether oxygens (including phenoxy) is 4. The molecule has 1 heterocycles. The zero-order valence-corrected chi connectivity index (χ0v) is 13.8. The van der Waals surface area contributed by atoms with E-state index in [-0.39, 0.29) is 12.2 Å². The Kier molecular flexibility index (Phi) is 6.81. The van der Waals surface area contributed by atoms with Crippen LogP contribution in [-0.2, 0) is 32.2 Å². The van der Waals surface area contributed by atoms with E-state index in [9.17, 15) is 0 Å². The van der Waals surface area contributed by atoms with Gasteiger partial charge < -0.3 is 18.9 Å². The van der Waals surface area contributed by atoms with Crippen LogP contribution in [0, 0.1) is 0 Å². The molecule has 3 rings (SSSR count). The third kappa shape index (κ3) is 5.42. The molecule has 4 heteroatoms. The number of benzene rings is 2. The molecule has 2 aromatic carbocycles. The summed E-state index contributed by atoms with van der Waals surface area (Å²) < 4.78 is 23.2. The molecule has 0 amide bonds. The Labute approximate surface area is 143 Å². The normalized spacial score (nSPS) is 20.8. The van der Waals surface area contributed by atoms with E-state index < -0.39 is 0 Å². The number of rotatable bonds is 8. The lowest BCUT2D eigenvalue weighted by molar-refractivity contribution is -0.179. The van der Waals surface area contributed by atoms with Crippen molar-refractivity contribution in [3.8, 4) is 0 Å². The van der Waals surface area contributed by atoms with Crippen LogP contribution in [0.15, 0.2) is 60.7 Å². The van der Waals surface area contributed by atoms with E-state index in [1.807, 2.05) is 36.4 Å². The van der Waals surface area contributed by atoms with Gasteiger partial charge >= 0.3 is 0 Å². The molecule has 24 heavy (non-hydrogen) atoms. The fourth-order valence-corrected chi connectivity index (χ4v) is 2.66. The van der Waals surface area contributed by atoms with Gasteiger partial charge in [-0.1, -0.05) is 60.7 Å². The predicted molar refractivity (Wildman–Crippen MR) is 91.7 cm³/mol. The molecule has 2 atom stereocenters. The second kappa shape index (κ2) is 9.55. The molecule has 1 fully saturated rings. The van der Waals surface area contributed by atoms with Crippen molar-refractivity contribution in [3.63, 3.8) is 0 Å². The van der Waals surface area contributed by atoms with E-state index in [2.05, 4.69) is 24.3 Å². The maximum atomic E-state index is 5.80. The van der Waals surface area contributed by atoms with E-state index >= 15 is 0 Å². The van der Waals surface area contributed by atoms with Crippen LogP contribution in [0.25, 0.3) is 0 Å². The van der Waals surface area contributed by atoms with Crippen LogP contribution in [-0.4, -0.2) is 38.6 Å². The van der Waals surface area contributed by atoms with Gasteiger partial charge in [0.2, 0.25) is 0 Å². The molecule has 1 saturated heterocycles. The van der Waals surface area contributed by atoms with E-state index in [1.165, 1.54) is 0 Å². The molecule has 0 aromatic heterocycles. The molecule has 0 bridgehead atoms. The van der Waals surface area contributed by atoms with Crippen LogP contribution in [0.1, 0.15) is 11.1 Å². The Morgan fingerprint density at radius 1 is 0.667 bits per heavy atom. The third-order valence-corrected chi connectivity index (χ3v) is 3.95. The second-order valence-electron chi connectivity index (χ2n) is 5.82. The van der Waals surface area contributed by atoms with E-state index in [0.717, 1.165) is 11.1 Å². The Bertz CT molecular complexity index is 519. The standard InChI is InChI=1S/C20H24O4/c1-3-7-17(8-4-1)13-21-15-19-20(24-12-11-23-19)16-22-14-18-9-5-2-6-10-18/h1-10,19-20H,11-16H2/t19-,20-/m1/s1. The van der Waals surface area contributed by atoms with Crippen LogP contribution in [0.3, 0.4) is 0 Å². The topological polar surface area (TPSA) is 36.9 Å². The molecule has 0 N–H and O–H groups in total. The Balaban J connectivity index is 1.41. The highest BCUT2D eigenvalue weighted by atomic mass is 16.6. The van der Waals surface area contributed by atoms with Crippen LogP contribution < -0.4 is 0 Å². The summed E-state index contributed by atoms with van der Waals surface area (Å²) in [6, 6.07) is 20.3.